The standard InChI is InChI=1S/C31H62O2/c1-4-7-9-10-11-12-13-14-15-16-17-18-19-20-21-22-24-27-31(32)33-29-28-30(25-6-3)26-23-8-5-2/h30H,4-29H2,1-3H3. The van der Waals surface area contributed by atoms with E-state index in [0.29, 0.717) is 13.0 Å². The Morgan fingerprint density at radius 1 is 0.485 bits per heavy atom. The lowest BCUT2D eigenvalue weighted by atomic mass is 9.94. The molecule has 0 aromatic heterocycles. The van der Waals surface area contributed by atoms with E-state index in [-0.39, 0.29) is 5.97 Å². The second-order valence-electron chi connectivity index (χ2n) is 10.6. The Hall–Kier alpha value is -0.530. The normalized spacial score (nSPS) is 12.2. The fourth-order valence-electron chi connectivity index (χ4n) is 4.93. The van der Waals surface area contributed by atoms with Crippen molar-refractivity contribution in [3.63, 3.8) is 0 Å². The van der Waals surface area contributed by atoms with E-state index >= 15 is 0 Å². The maximum Gasteiger partial charge on any atom is 0.305 e. The Morgan fingerprint density at radius 3 is 1.36 bits per heavy atom. The van der Waals surface area contributed by atoms with Crippen molar-refractivity contribution in [3.05, 3.63) is 0 Å². The number of ether oxygens (including phenoxy) is 1. The summed E-state index contributed by atoms with van der Waals surface area (Å²) in [4.78, 5) is 12.0. The van der Waals surface area contributed by atoms with Gasteiger partial charge in [0.25, 0.3) is 0 Å². The van der Waals surface area contributed by atoms with Crippen LogP contribution in [0, 0.1) is 5.92 Å². The third kappa shape index (κ3) is 25.9. The molecule has 0 fully saturated rings. The van der Waals surface area contributed by atoms with Crippen LogP contribution in [-0.2, 0) is 9.53 Å². The molecule has 0 aliphatic carbocycles. The predicted molar refractivity (Wildman–Crippen MR) is 147 cm³/mol. The largest absolute Gasteiger partial charge is 0.466 e. The highest BCUT2D eigenvalue weighted by molar-refractivity contribution is 5.69. The lowest BCUT2D eigenvalue weighted by Gasteiger charge is -2.16. The number of unbranched alkanes of at least 4 members (excludes halogenated alkanes) is 18. The van der Waals surface area contributed by atoms with Gasteiger partial charge in [0.1, 0.15) is 0 Å². The van der Waals surface area contributed by atoms with E-state index in [1.165, 1.54) is 141 Å². The molecule has 0 aromatic carbocycles. The van der Waals surface area contributed by atoms with E-state index < -0.39 is 0 Å². The van der Waals surface area contributed by atoms with Gasteiger partial charge in [-0.15, -0.1) is 0 Å². The quantitative estimate of drug-likeness (QED) is 0.0888. The van der Waals surface area contributed by atoms with Crippen molar-refractivity contribution >= 4 is 5.97 Å². The van der Waals surface area contributed by atoms with Crippen molar-refractivity contribution in [2.24, 2.45) is 5.92 Å². The van der Waals surface area contributed by atoms with Crippen LogP contribution < -0.4 is 0 Å². The van der Waals surface area contributed by atoms with Gasteiger partial charge in [0.05, 0.1) is 6.61 Å². The number of hydrogen-bond donors (Lipinski definition) is 0. The van der Waals surface area contributed by atoms with Gasteiger partial charge in [0.15, 0.2) is 0 Å². The lowest BCUT2D eigenvalue weighted by Crippen LogP contribution is -2.10. The molecule has 33 heavy (non-hydrogen) atoms. The van der Waals surface area contributed by atoms with Crippen LogP contribution in [0.5, 0.6) is 0 Å². The predicted octanol–water partition coefficient (Wildman–Crippen LogP) is 11.0. The van der Waals surface area contributed by atoms with Gasteiger partial charge < -0.3 is 4.74 Å². The number of esters is 1. The van der Waals surface area contributed by atoms with Gasteiger partial charge in [-0.25, -0.2) is 0 Å². The topological polar surface area (TPSA) is 26.3 Å². The zero-order chi connectivity index (χ0) is 24.2. The molecule has 0 saturated heterocycles. The van der Waals surface area contributed by atoms with Gasteiger partial charge in [-0.2, -0.15) is 0 Å². The molecule has 0 amide bonds. The molecule has 0 heterocycles. The maximum absolute atomic E-state index is 12.0. The molecule has 2 nitrogen and oxygen atoms in total. The van der Waals surface area contributed by atoms with E-state index in [1.54, 1.807) is 0 Å². The Labute approximate surface area is 209 Å². The monoisotopic (exact) mass is 466 g/mol. The summed E-state index contributed by atoms with van der Waals surface area (Å²) in [6, 6.07) is 0. The summed E-state index contributed by atoms with van der Waals surface area (Å²) in [6.45, 7) is 7.44. The summed E-state index contributed by atoms with van der Waals surface area (Å²) >= 11 is 0. The van der Waals surface area contributed by atoms with Crippen LogP contribution in [0.1, 0.15) is 181 Å². The highest BCUT2D eigenvalue weighted by atomic mass is 16.5. The van der Waals surface area contributed by atoms with Crippen molar-refractivity contribution in [3.8, 4) is 0 Å². The van der Waals surface area contributed by atoms with Gasteiger partial charge in [-0.3, -0.25) is 4.79 Å². The smallest absolute Gasteiger partial charge is 0.305 e. The first-order chi connectivity index (χ1) is 16.2. The van der Waals surface area contributed by atoms with Crippen LogP contribution in [0.25, 0.3) is 0 Å². The highest BCUT2D eigenvalue weighted by Gasteiger charge is 2.09. The first kappa shape index (κ1) is 32.5. The van der Waals surface area contributed by atoms with Gasteiger partial charge >= 0.3 is 5.97 Å². The van der Waals surface area contributed by atoms with Crippen molar-refractivity contribution in [1.82, 2.24) is 0 Å². The highest BCUT2D eigenvalue weighted by Crippen LogP contribution is 2.20. The SMILES string of the molecule is CCCCCCCCCCCCCCCCCCCC(=O)OCCC(CCC)CCCCC. The summed E-state index contributed by atoms with van der Waals surface area (Å²) in [5.41, 5.74) is 0. The van der Waals surface area contributed by atoms with Gasteiger partial charge in [-0.05, 0) is 18.8 Å². The minimum Gasteiger partial charge on any atom is -0.466 e. The zero-order valence-corrected chi connectivity index (χ0v) is 23.3. The number of carbonyl (C=O) groups excluding carboxylic acids is 1. The van der Waals surface area contributed by atoms with Crippen molar-refractivity contribution in [1.29, 1.82) is 0 Å². The van der Waals surface area contributed by atoms with E-state index in [0.717, 1.165) is 18.8 Å². The summed E-state index contributed by atoms with van der Waals surface area (Å²) in [5.74, 6) is 0.773. The molecular weight excluding hydrogens is 404 g/mol. The van der Waals surface area contributed by atoms with Crippen LogP contribution in [0.2, 0.25) is 0 Å². The van der Waals surface area contributed by atoms with E-state index in [1.807, 2.05) is 0 Å². The molecule has 0 rings (SSSR count). The molecule has 0 N–H and O–H groups in total. The Bertz CT molecular complexity index is 379. The second kappa shape index (κ2) is 27.7. The molecule has 0 spiro atoms. The molecule has 0 radical (unpaired) electrons. The molecule has 198 valence electrons. The minimum atomic E-state index is 0.0276. The summed E-state index contributed by atoms with van der Waals surface area (Å²) in [5, 5.41) is 0. The first-order valence-corrected chi connectivity index (χ1v) is 15.4. The molecule has 2 heteroatoms. The fourth-order valence-corrected chi connectivity index (χ4v) is 4.93. The summed E-state index contributed by atoms with van der Waals surface area (Å²) < 4.78 is 5.52. The molecule has 0 aromatic rings. The molecule has 1 unspecified atom stereocenters. The molecule has 0 saturated carbocycles. The van der Waals surface area contributed by atoms with Gasteiger partial charge in [0.2, 0.25) is 0 Å². The maximum atomic E-state index is 12.0. The number of hydrogen-bond acceptors (Lipinski definition) is 2. The molecule has 1 atom stereocenters. The average molecular weight is 467 g/mol. The second-order valence-corrected chi connectivity index (χ2v) is 10.6. The Morgan fingerprint density at radius 2 is 0.909 bits per heavy atom. The molecule has 0 aliphatic rings. The van der Waals surface area contributed by atoms with Crippen molar-refractivity contribution in [2.45, 2.75) is 181 Å². The van der Waals surface area contributed by atoms with Crippen LogP contribution >= 0.6 is 0 Å². The lowest BCUT2D eigenvalue weighted by molar-refractivity contribution is -0.144. The molecule has 0 bridgehead atoms. The van der Waals surface area contributed by atoms with Crippen molar-refractivity contribution < 1.29 is 9.53 Å². The van der Waals surface area contributed by atoms with E-state index in [2.05, 4.69) is 20.8 Å². The minimum absolute atomic E-state index is 0.0276. The first-order valence-electron chi connectivity index (χ1n) is 15.4. The Balaban J connectivity index is 3.33. The molecule has 0 aliphatic heterocycles. The third-order valence-electron chi connectivity index (χ3n) is 7.19. The van der Waals surface area contributed by atoms with E-state index in [9.17, 15) is 4.79 Å². The van der Waals surface area contributed by atoms with E-state index in [4.69, 9.17) is 4.74 Å². The zero-order valence-electron chi connectivity index (χ0n) is 23.3. The summed E-state index contributed by atoms with van der Waals surface area (Å²) in [6.07, 6.45) is 32.8. The Kier molecular flexibility index (Phi) is 27.3. The van der Waals surface area contributed by atoms with Crippen LogP contribution in [0.15, 0.2) is 0 Å². The fraction of sp³-hybridized carbons (Fsp3) is 0.968. The van der Waals surface area contributed by atoms with Crippen molar-refractivity contribution in [2.75, 3.05) is 6.61 Å². The van der Waals surface area contributed by atoms with Crippen LogP contribution in [0.4, 0.5) is 0 Å². The molecular formula is C31H62O2. The van der Waals surface area contributed by atoms with Crippen LogP contribution in [0.3, 0.4) is 0 Å². The average Bonchev–Trinajstić information content (AvgIpc) is 2.81. The van der Waals surface area contributed by atoms with Gasteiger partial charge in [-0.1, -0.05) is 162 Å². The van der Waals surface area contributed by atoms with Gasteiger partial charge in [0, 0.05) is 6.42 Å². The number of carbonyl (C=O) groups is 1. The summed E-state index contributed by atoms with van der Waals surface area (Å²) in [7, 11) is 0. The third-order valence-corrected chi connectivity index (χ3v) is 7.19. The van der Waals surface area contributed by atoms with Crippen LogP contribution in [-0.4, -0.2) is 12.6 Å². The number of rotatable bonds is 27.